The summed E-state index contributed by atoms with van der Waals surface area (Å²) in [6, 6.07) is 10.1. The number of nitrogen functional groups attached to an aromatic ring is 1. The van der Waals surface area contributed by atoms with Crippen LogP contribution >= 0.6 is 22.6 Å². The fourth-order valence-electron chi connectivity index (χ4n) is 2.67. The van der Waals surface area contributed by atoms with Gasteiger partial charge < -0.3 is 5.73 Å². The molecule has 1 heterocycles. The molecule has 0 radical (unpaired) electrons. The second kappa shape index (κ2) is 5.45. The van der Waals surface area contributed by atoms with Crippen molar-refractivity contribution in [2.75, 3.05) is 5.73 Å². The second-order valence-electron chi connectivity index (χ2n) is 4.98. The summed E-state index contributed by atoms with van der Waals surface area (Å²) in [5.74, 6) is 1.91. The van der Waals surface area contributed by atoms with Crippen LogP contribution in [0.4, 0.5) is 5.82 Å². The fraction of sp³-hybridized carbons (Fsp3) is 0.333. The van der Waals surface area contributed by atoms with E-state index in [4.69, 9.17) is 10.7 Å². The van der Waals surface area contributed by atoms with Crippen molar-refractivity contribution >= 4 is 28.4 Å². The Balaban J connectivity index is 2.07. The molecular weight excluding hydrogens is 349 g/mol. The largest absolute Gasteiger partial charge is 0.383 e. The zero-order chi connectivity index (χ0) is 13.2. The van der Waals surface area contributed by atoms with Gasteiger partial charge in [-0.3, -0.25) is 0 Å². The van der Waals surface area contributed by atoms with Crippen LogP contribution in [0.3, 0.4) is 0 Å². The van der Waals surface area contributed by atoms with Gasteiger partial charge in [-0.15, -0.1) is 0 Å². The third-order valence-corrected chi connectivity index (χ3v) is 4.78. The maximum atomic E-state index is 6.07. The van der Waals surface area contributed by atoms with Crippen molar-refractivity contribution in [3.05, 3.63) is 39.6 Å². The molecule has 1 aliphatic rings. The number of nitrogens with two attached hydrogens (primary N) is 1. The smallest absolute Gasteiger partial charge is 0.161 e. The Morgan fingerprint density at radius 2 is 1.74 bits per heavy atom. The topological polar surface area (TPSA) is 51.8 Å². The van der Waals surface area contributed by atoms with Gasteiger partial charge in [0.15, 0.2) is 5.82 Å². The van der Waals surface area contributed by atoms with E-state index in [-0.39, 0.29) is 0 Å². The number of hydrogen-bond acceptors (Lipinski definition) is 3. The van der Waals surface area contributed by atoms with E-state index in [0.717, 1.165) is 20.7 Å². The molecule has 1 aliphatic carbocycles. The highest BCUT2D eigenvalue weighted by Gasteiger charge is 2.23. The van der Waals surface area contributed by atoms with Crippen LogP contribution in [0.5, 0.6) is 0 Å². The van der Waals surface area contributed by atoms with E-state index in [1.165, 1.54) is 25.7 Å². The third kappa shape index (κ3) is 2.59. The van der Waals surface area contributed by atoms with Crippen LogP contribution < -0.4 is 5.73 Å². The van der Waals surface area contributed by atoms with Gasteiger partial charge in [0.2, 0.25) is 0 Å². The van der Waals surface area contributed by atoms with Gasteiger partial charge >= 0.3 is 0 Å². The molecule has 1 saturated carbocycles. The quantitative estimate of drug-likeness (QED) is 0.819. The first-order valence-electron chi connectivity index (χ1n) is 6.64. The molecule has 4 heteroatoms. The zero-order valence-electron chi connectivity index (χ0n) is 10.6. The van der Waals surface area contributed by atoms with Crippen molar-refractivity contribution in [1.29, 1.82) is 0 Å². The highest BCUT2D eigenvalue weighted by atomic mass is 127. The Hall–Kier alpha value is -1.17. The minimum absolute atomic E-state index is 0.555. The van der Waals surface area contributed by atoms with Crippen molar-refractivity contribution < 1.29 is 0 Å². The fourth-order valence-corrected chi connectivity index (χ4v) is 3.35. The third-order valence-electron chi connectivity index (χ3n) is 3.68. The molecule has 2 N–H and O–H groups in total. The highest BCUT2D eigenvalue weighted by Crippen LogP contribution is 2.37. The minimum atomic E-state index is 0.555. The molecule has 3 rings (SSSR count). The van der Waals surface area contributed by atoms with Gasteiger partial charge in [0.25, 0.3) is 0 Å². The maximum absolute atomic E-state index is 6.07. The van der Waals surface area contributed by atoms with Gasteiger partial charge in [0.1, 0.15) is 5.82 Å². The molecule has 19 heavy (non-hydrogen) atoms. The normalized spacial score (nSPS) is 15.8. The Bertz CT molecular complexity index is 577. The van der Waals surface area contributed by atoms with Crippen molar-refractivity contribution in [3.8, 4) is 11.4 Å². The van der Waals surface area contributed by atoms with Crippen LogP contribution in [0.1, 0.15) is 37.3 Å². The van der Waals surface area contributed by atoms with Crippen LogP contribution in [0.25, 0.3) is 11.4 Å². The number of rotatable bonds is 2. The predicted molar refractivity (Wildman–Crippen MR) is 85.8 cm³/mol. The zero-order valence-corrected chi connectivity index (χ0v) is 12.8. The second-order valence-corrected chi connectivity index (χ2v) is 6.06. The maximum Gasteiger partial charge on any atom is 0.161 e. The number of aromatic nitrogens is 2. The molecule has 0 unspecified atom stereocenters. The molecule has 1 aromatic carbocycles. The lowest BCUT2D eigenvalue weighted by molar-refractivity contribution is 0.691. The van der Waals surface area contributed by atoms with Crippen LogP contribution in [0.2, 0.25) is 0 Å². The van der Waals surface area contributed by atoms with E-state index in [2.05, 4.69) is 27.6 Å². The van der Waals surface area contributed by atoms with Gasteiger partial charge in [0, 0.05) is 11.5 Å². The lowest BCUT2D eigenvalue weighted by Crippen LogP contribution is -2.07. The Morgan fingerprint density at radius 1 is 1.05 bits per heavy atom. The summed E-state index contributed by atoms with van der Waals surface area (Å²) in [6.45, 7) is 0. The van der Waals surface area contributed by atoms with E-state index in [9.17, 15) is 0 Å². The summed E-state index contributed by atoms with van der Waals surface area (Å²) in [5.41, 5.74) is 8.24. The molecule has 0 amide bonds. The number of anilines is 1. The van der Waals surface area contributed by atoms with Gasteiger partial charge in [0.05, 0.1) is 9.26 Å². The molecule has 0 saturated heterocycles. The van der Waals surface area contributed by atoms with E-state index in [1.54, 1.807) is 0 Å². The first-order chi connectivity index (χ1) is 9.25. The van der Waals surface area contributed by atoms with E-state index in [1.807, 2.05) is 30.3 Å². The molecule has 1 fully saturated rings. The summed E-state index contributed by atoms with van der Waals surface area (Å²) in [5, 5.41) is 0. The predicted octanol–water partition coefficient (Wildman–Crippen LogP) is 3.99. The summed E-state index contributed by atoms with van der Waals surface area (Å²) in [6.07, 6.45) is 5.04. The SMILES string of the molecule is Nc1nc(-c2ccccc2)nc(C2CCCC2)c1I. The summed E-state index contributed by atoms with van der Waals surface area (Å²) >= 11 is 2.28. The monoisotopic (exact) mass is 365 g/mol. The molecule has 1 aromatic heterocycles. The summed E-state index contributed by atoms with van der Waals surface area (Å²) in [7, 11) is 0. The average Bonchev–Trinajstić information content (AvgIpc) is 2.96. The van der Waals surface area contributed by atoms with Crippen molar-refractivity contribution in [2.24, 2.45) is 0 Å². The molecule has 0 bridgehead atoms. The number of halogens is 1. The highest BCUT2D eigenvalue weighted by molar-refractivity contribution is 14.1. The van der Waals surface area contributed by atoms with Crippen LogP contribution in [-0.2, 0) is 0 Å². The van der Waals surface area contributed by atoms with Gasteiger partial charge in [-0.2, -0.15) is 0 Å². The first kappa shape index (κ1) is 12.8. The number of benzene rings is 1. The van der Waals surface area contributed by atoms with E-state index < -0.39 is 0 Å². The van der Waals surface area contributed by atoms with Gasteiger partial charge in [-0.05, 0) is 35.4 Å². The molecule has 0 atom stereocenters. The van der Waals surface area contributed by atoms with E-state index >= 15 is 0 Å². The van der Waals surface area contributed by atoms with E-state index in [0.29, 0.717) is 11.7 Å². The van der Waals surface area contributed by atoms with Crippen LogP contribution in [0.15, 0.2) is 30.3 Å². The molecule has 3 nitrogen and oxygen atoms in total. The lowest BCUT2D eigenvalue weighted by Gasteiger charge is -2.14. The molecule has 2 aromatic rings. The Labute approximate surface area is 126 Å². The average molecular weight is 365 g/mol. The molecule has 0 spiro atoms. The first-order valence-corrected chi connectivity index (χ1v) is 7.72. The Kier molecular flexibility index (Phi) is 3.68. The van der Waals surface area contributed by atoms with Crippen molar-refractivity contribution in [2.45, 2.75) is 31.6 Å². The molecular formula is C15H16IN3. The van der Waals surface area contributed by atoms with Crippen molar-refractivity contribution in [1.82, 2.24) is 9.97 Å². The van der Waals surface area contributed by atoms with Crippen LogP contribution in [-0.4, -0.2) is 9.97 Å². The number of hydrogen-bond donors (Lipinski definition) is 1. The lowest BCUT2D eigenvalue weighted by atomic mass is 10.0. The number of nitrogens with zero attached hydrogens (tertiary/aromatic N) is 2. The Morgan fingerprint density at radius 3 is 2.42 bits per heavy atom. The van der Waals surface area contributed by atoms with Crippen molar-refractivity contribution in [3.63, 3.8) is 0 Å². The summed E-state index contributed by atoms with van der Waals surface area (Å²) < 4.78 is 1.03. The minimum Gasteiger partial charge on any atom is -0.383 e. The standard InChI is InChI=1S/C15H16IN3/c16-12-13(10-6-4-5-7-10)18-15(19-14(12)17)11-8-2-1-3-9-11/h1-3,8-10H,4-7H2,(H2,17,18,19). The van der Waals surface area contributed by atoms with Gasteiger partial charge in [-0.1, -0.05) is 43.2 Å². The summed E-state index contributed by atoms with van der Waals surface area (Å²) in [4.78, 5) is 9.22. The molecule has 0 aliphatic heterocycles. The molecule has 98 valence electrons. The van der Waals surface area contributed by atoms with Crippen LogP contribution in [0, 0.1) is 3.57 Å². The van der Waals surface area contributed by atoms with Gasteiger partial charge in [-0.25, -0.2) is 9.97 Å².